The van der Waals surface area contributed by atoms with Gasteiger partial charge in [0.25, 0.3) is 0 Å². The molecule has 2 heterocycles. The third kappa shape index (κ3) is 14.2. The van der Waals surface area contributed by atoms with E-state index in [-0.39, 0.29) is 31.3 Å². The summed E-state index contributed by atoms with van der Waals surface area (Å²) in [5, 5.41) is 18.3. The summed E-state index contributed by atoms with van der Waals surface area (Å²) in [6.45, 7) is 6.98. The summed E-state index contributed by atoms with van der Waals surface area (Å²) < 4.78 is 19.4. The first-order valence-corrected chi connectivity index (χ1v) is 21.5. The number of imidazole rings is 2. The third-order valence-electron chi connectivity index (χ3n) is 11.0. The van der Waals surface area contributed by atoms with Gasteiger partial charge >= 0.3 is 6.09 Å². The predicted octanol–water partition coefficient (Wildman–Crippen LogP) is 6.60. The maximum Gasteiger partial charge on any atom is 0.408 e. The van der Waals surface area contributed by atoms with Crippen LogP contribution >= 0.6 is 0 Å². The Balaban J connectivity index is 1.17. The smallest absolute Gasteiger partial charge is 0.408 e. The Hall–Kier alpha value is -5.67. The van der Waals surface area contributed by atoms with Crippen LogP contribution in [0.1, 0.15) is 97.8 Å². The van der Waals surface area contributed by atoms with Crippen LogP contribution in [-0.4, -0.2) is 72.7 Å². The molecule has 1 fully saturated rings. The van der Waals surface area contributed by atoms with E-state index in [1.807, 2.05) is 78.9 Å². The molecule has 1 aliphatic carbocycles. The van der Waals surface area contributed by atoms with Crippen molar-refractivity contribution in [2.45, 2.75) is 115 Å². The molecular weight excluding hydrogens is 787 g/mol. The minimum Gasteiger partial charge on any atom is -0.444 e. The van der Waals surface area contributed by atoms with Gasteiger partial charge in [-0.15, -0.1) is 0 Å². The summed E-state index contributed by atoms with van der Waals surface area (Å²) in [7, 11) is 0. The van der Waals surface area contributed by atoms with Crippen LogP contribution in [0.3, 0.4) is 0 Å². The van der Waals surface area contributed by atoms with Gasteiger partial charge in [0.1, 0.15) is 30.3 Å². The van der Waals surface area contributed by atoms with Crippen molar-refractivity contribution in [2.24, 2.45) is 17.6 Å². The van der Waals surface area contributed by atoms with Crippen molar-refractivity contribution in [3.8, 4) is 0 Å². The monoisotopic (exact) mass is 847 g/mol. The number of hydrogen-bond donors (Lipinski definition) is 5. The fourth-order valence-electron chi connectivity index (χ4n) is 8.03. The largest absolute Gasteiger partial charge is 0.444 e. The van der Waals surface area contributed by atoms with Gasteiger partial charge in [-0.05, 0) is 68.6 Å². The fourth-order valence-corrected chi connectivity index (χ4v) is 8.03. The number of aliphatic hydroxyl groups is 1. The van der Waals surface area contributed by atoms with E-state index in [9.17, 15) is 19.5 Å². The lowest BCUT2D eigenvalue weighted by Gasteiger charge is -2.34. The van der Waals surface area contributed by atoms with Gasteiger partial charge in [-0.2, -0.15) is 0 Å². The zero-order chi connectivity index (χ0) is 43.9. The van der Waals surface area contributed by atoms with Gasteiger partial charge in [0.05, 0.1) is 19.3 Å². The van der Waals surface area contributed by atoms with Gasteiger partial charge in [0.2, 0.25) is 11.7 Å². The highest BCUT2D eigenvalue weighted by Gasteiger charge is 2.34. The fraction of sp³-hybridized carbons (Fsp3) is 0.438. The van der Waals surface area contributed by atoms with Crippen molar-refractivity contribution >= 4 is 17.8 Å². The van der Waals surface area contributed by atoms with Gasteiger partial charge in [0, 0.05) is 49.8 Å². The summed E-state index contributed by atoms with van der Waals surface area (Å²) in [5.74, 6) is -0.104. The predicted molar refractivity (Wildman–Crippen MR) is 234 cm³/mol. The van der Waals surface area contributed by atoms with Crippen LogP contribution in [0, 0.1) is 11.8 Å². The summed E-state index contributed by atoms with van der Waals surface area (Å²) in [5.41, 5.74) is 8.75. The quantitative estimate of drug-likeness (QED) is 0.0474. The molecule has 0 aliphatic heterocycles. The Morgan fingerprint density at radius 2 is 1.48 bits per heavy atom. The van der Waals surface area contributed by atoms with Crippen molar-refractivity contribution in [1.82, 2.24) is 30.2 Å². The zero-order valence-corrected chi connectivity index (χ0v) is 36.0. The number of nitrogens with two attached hydrogens (primary N) is 1. The molecule has 2 unspecified atom stereocenters. The van der Waals surface area contributed by atoms with Crippen molar-refractivity contribution in [3.05, 3.63) is 144 Å². The number of carbonyl (C=O) groups is 3. The van der Waals surface area contributed by atoms with E-state index in [0.29, 0.717) is 43.7 Å². The molecular formula is C48H61N7O7. The zero-order valence-electron chi connectivity index (χ0n) is 36.0. The molecule has 2 aromatic heterocycles. The van der Waals surface area contributed by atoms with Crippen molar-refractivity contribution in [2.75, 3.05) is 6.61 Å². The molecule has 0 bridgehead atoms. The number of nitrogens with zero attached hydrogens (tertiary/aromatic N) is 3. The minimum atomic E-state index is -1.13. The van der Waals surface area contributed by atoms with E-state index >= 15 is 0 Å². The summed E-state index contributed by atoms with van der Waals surface area (Å²) in [6.07, 6.45) is 7.76. The third-order valence-corrected chi connectivity index (χ3v) is 11.0. The van der Waals surface area contributed by atoms with Crippen LogP contribution in [0.15, 0.2) is 110 Å². The Kier molecular flexibility index (Phi) is 16.6. The number of Topliss-reactive ketones (excluding diaryl/α,β-unsaturated/α-hetero) is 1. The number of ether oxygens (including phenoxy) is 3. The lowest BCUT2D eigenvalue weighted by Crippen LogP contribution is -2.51. The van der Waals surface area contributed by atoms with Gasteiger partial charge in [0.15, 0.2) is 5.82 Å². The second-order valence-corrected chi connectivity index (χ2v) is 17.2. The lowest BCUT2D eigenvalue weighted by molar-refractivity contribution is -0.120. The molecule has 0 saturated heterocycles. The van der Waals surface area contributed by atoms with Crippen LogP contribution in [-0.2, 0) is 51.8 Å². The molecule has 1 aliphatic rings. The van der Waals surface area contributed by atoms with Crippen molar-refractivity contribution in [3.63, 3.8) is 0 Å². The number of H-pyrrole nitrogens is 1. The van der Waals surface area contributed by atoms with E-state index in [4.69, 9.17) is 19.9 Å². The van der Waals surface area contributed by atoms with Crippen molar-refractivity contribution < 1.29 is 33.7 Å². The average molecular weight is 848 g/mol. The molecule has 330 valence electrons. The van der Waals surface area contributed by atoms with Crippen molar-refractivity contribution in [1.29, 1.82) is 0 Å². The molecule has 1 saturated carbocycles. The topological polar surface area (TPSA) is 196 Å². The Labute approximate surface area is 364 Å². The molecule has 6 N–H and O–H groups in total. The molecule has 6 atom stereocenters. The Morgan fingerprint density at radius 1 is 0.855 bits per heavy atom. The first-order valence-electron chi connectivity index (χ1n) is 21.5. The number of alkyl carbamates (subject to hydrolysis) is 1. The normalized spacial score (nSPS) is 17.4. The second kappa shape index (κ2) is 22.4. The van der Waals surface area contributed by atoms with E-state index < -0.39 is 47.6 Å². The van der Waals surface area contributed by atoms with Gasteiger partial charge in [-0.3, -0.25) is 14.9 Å². The van der Waals surface area contributed by atoms with Gasteiger partial charge < -0.3 is 39.9 Å². The minimum absolute atomic E-state index is 0.0112. The van der Waals surface area contributed by atoms with Crippen LogP contribution in [0.4, 0.5) is 4.79 Å². The molecule has 2 amide bonds. The number of benzene rings is 3. The lowest BCUT2D eigenvalue weighted by atomic mass is 9.78. The summed E-state index contributed by atoms with van der Waals surface area (Å²) >= 11 is 0. The van der Waals surface area contributed by atoms with Crippen LogP contribution < -0.4 is 16.4 Å². The van der Waals surface area contributed by atoms with E-state index in [1.54, 1.807) is 37.7 Å². The molecule has 14 nitrogen and oxygen atoms in total. The number of nitrogens with one attached hydrogen (secondary N) is 3. The van der Waals surface area contributed by atoms with Crippen LogP contribution in [0.2, 0.25) is 0 Å². The van der Waals surface area contributed by atoms with E-state index in [0.717, 1.165) is 42.4 Å². The van der Waals surface area contributed by atoms with Gasteiger partial charge in [-0.25, -0.2) is 14.8 Å². The number of rotatable bonds is 22. The molecule has 0 spiro atoms. The molecule has 3 aromatic carbocycles. The highest BCUT2D eigenvalue weighted by atomic mass is 16.6. The maximum atomic E-state index is 13.9. The SMILES string of the molecule is CC(C)(C)OC(=O)N[C@@H](Cc1ccccc1)C(=O)c1ncc(C[C@H](N[C@@H](CC2CCCC(COCc3ccccc3)C2)[C@@H](O)c2nccn2COCc2ccccc2)C(N)=O)[nH]1. The van der Waals surface area contributed by atoms with E-state index in [2.05, 4.69) is 37.7 Å². The molecule has 5 aromatic rings. The average Bonchev–Trinajstić information content (AvgIpc) is 3.93. The number of carbonyl (C=O) groups excluding carboxylic acids is 3. The number of primary amides is 1. The molecule has 14 heteroatoms. The second-order valence-electron chi connectivity index (χ2n) is 17.2. The van der Waals surface area contributed by atoms with E-state index in [1.165, 1.54) is 6.20 Å². The Morgan fingerprint density at radius 3 is 2.13 bits per heavy atom. The first-order chi connectivity index (χ1) is 29.9. The summed E-state index contributed by atoms with van der Waals surface area (Å²) in [4.78, 5) is 52.0. The number of aliphatic hydroxyl groups excluding tert-OH is 1. The summed E-state index contributed by atoms with van der Waals surface area (Å²) in [6, 6.07) is 26.7. The Bertz CT molecular complexity index is 2140. The standard InChI is InChI=1S/C48H61N7O7/c1-48(2,3)62-47(59)54-39(25-33-14-7-4-8-15-33)42(56)45-51-28-38(52-45)27-41(44(49)58)53-40(26-36-20-13-21-37(24-36)31-60-29-34-16-9-5-10-17-34)43(57)46-50-22-23-55(46)32-61-30-35-18-11-6-12-19-35/h4-12,14-19,22-23,28,36-37,39-41,43,53,57H,13,20-21,24-27,29-32H2,1-3H3,(H2,49,58)(H,51,52)(H,54,59)/t36?,37?,39-,40-,41-,43+/m0/s1. The molecule has 62 heavy (non-hydrogen) atoms. The van der Waals surface area contributed by atoms with Crippen LogP contribution in [0.25, 0.3) is 0 Å². The number of hydrogen-bond acceptors (Lipinski definition) is 10. The van der Waals surface area contributed by atoms with Gasteiger partial charge in [-0.1, -0.05) is 104 Å². The highest BCUT2D eigenvalue weighted by molar-refractivity contribution is 5.99. The molecule has 0 radical (unpaired) electrons. The van der Waals surface area contributed by atoms with Crippen LogP contribution in [0.5, 0.6) is 0 Å². The number of amides is 2. The molecule has 6 rings (SSSR count). The number of aromatic amines is 1. The number of aromatic nitrogens is 4. The number of ketones is 1. The highest BCUT2D eigenvalue weighted by Crippen LogP contribution is 2.35. The maximum absolute atomic E-state index is 13.9. The first kappa shape index (κ1) is 45.8.